The fourth-order valence-corrected chi connectivity index (χ4v) is 2.00. The highest BCUT2D eigenvalue weighted by Gasteiger charge is 2.38. The average Bonchev–Trinajstić information content (AvgIpc) is 2.25. The molecule has 2 rings (SSSR count). The van der Waals surface area contributed by atoms with E-state index in [9.17, 15) is 4.79 Å². The van der Waals surface area contributed by atoms with Gasteiger partial charge in [0.25, 0.3) is 0 Å². The maximum atomic E-state index is 11.2. The van der Waals surface area contributed by atoms with Gasteiger partial charge in [-0.15, -0.1) is 0 Å². The van der Waals surface area contributed by atoms with Crippen molar-refractivity contribution in [2.24, 2.45) is 5.92 Å². The molecule has 0 saturated heterocycles. The first-order chi connectivity index (χ1) is 6.74. The normalized spacial score (nSPS) is 25.7. The molecular formula is C12H14O2. The third-order valence-electron chi connectivity index (χ3n) is 3.07. The zero-order chi connectivity index (χ0) is 10.1. The lowest BCUT2D eigenvalue weighted by Gasteiger charge is -2.33. The number of ketones is 1. The predicted molar refractivity (Wildman–Crippen MR) is 54.5 cm³/mol. The van der Waals surface area contributed by atoms with Crippen LogP contribution >= 0.6 is 0 Å². The Kier molecular flexibility index (Phi) is 2.28. The molecule has 2 atom stereocenters. The Balaban J connectivity index is 2.28. The van der Waals surface area contributed by atoms with Crippen LogP contribution < -0.4 is 4.74 Å². The summed E-state index contributed by atoms with van der Waals surface area (Å²) in [7, 11) is 1.67. The first-order valence-electron chi connectivity index (χ1n) is 4.89. The molecule has 0 aromatic heterocycles. The zero-order valence-corrected chi connectivity index (χ0v) is 8.49. The molecule has 1 aliphatic rings. The topological polar surface area (TPSA) is 26.3 Å². The Morgan fingerprint density at radius 2 is 2.07 bits per heavy atom. The summed E-state index contributed by atoms with van der Waals surface area (Å²) in [4.78, 5) is 11.2. The second-order valence-electron chi connectivity index (χ2n) is 3.81. The average molecular weight is 190 g/mol. The first kappa shape index (κ1) is 9.25. The van der Waals surface area contributed by atoms with Gasteiger partial charge in [0.2, 0.25) is 0 Å². The lowest BCUT2D eigenvalue weighted by molar-refractivity contribution is -0.130. The summed E-state index contributed by atoms with van der Waals surface area (Å²) >= 11 is 0. The summed E-state index contributed by atoms with van der Waals surface area (Å²) in [5.41, 5.74) is 1.17. The van der Waals surface area contributed by atoms with E-state index in [2.05, 4.69) is 0 Å². The summed E-state index contributed by atoms with van der Waals surface area (Å²) < 4.78 is 5.27. The van der Waals surface area contributed by atoms with Crippen LogP contribution in [0.25, 0.3) is 0 Å². The molecule has 2 unspecified atom stereocenters. The first-order valence-corrected chi connectivity index (χ1v) is 4.89. The number of hydrogen-bond acceptors (Lipinski definition) is 2. The van der Waals surface area contributed by atoms with Gasteiger partial charge in [0.15, 0.2) is 0 Å². The quantitative estimate of drug-likeness (QED) is 0.715. The summed E-state index contributed by atoms with van der Waals surface area (Å²) in [6.45, 7) is 1.99. The molecular weight excluding hydrogens is 176 g/mol. The lowest BCUT2D eigenvalue weighted by Crippen LogP contribution is -2.32. The highest BCUT2D eigenvalue weighted by atomic mass is 16.5. The number of benzene rings is 1. The van der Waals surface area contributed by atoms with Crippen LogP contribution in [-0.4, -0.2) is 12.9 Å². The second-order valence-corrected chi connectivity index (χ2v) is 3.81. The van der Waals surface area contributed by atoms with E-state index in [0.717, 1.165) is 5.75 Å². The van der Waals surface area contributed by atoms with E-state index in [4.69, 9.17) is 4.74 Å². The molecule has 0 amide bonds. The Labute approximate surface area is 83.9 Å². The van der Waals surface area contributed by atoms with Crippen molar-refractivity contribution in [2.75, 3.05) is 7.11 Å². The molecule has 1 saturated carbocycles. The van der Waals surface area contributed by atoms with E-state index in [1.807, 2.05) is 31.2 Å². The van der Waals surface area contributed by atoms with Gasteiger partial charge in [-0.3, -0.25) is 4.79 Å². The molecule has 0 radical (unpaired) electrons. The van der Waals surface area contributed by atoms with Gasteiger partial charge in [-0.05, 0) is 11.6 Å². The highest BCUT2D eigenvalue weighted by Crippen LogP contribution is 2.42. The Bertz CT molecular complexity index is 357. The van der Waals surface area contributed by atoms with Crippen LogP contribution in [0.5, 0.6) is 5.75 Å². The standard InChI is InChI=1S/C12H14O2/c1-8-10(7-11(8)13)9-5-3-4-6-12(9)14-2/h3-6,8,10H,7H2,1-2H3. The summed E-state index contributed by atoms with van der Waals surface area (Å²) in [5.74, 6) is 1.78. The predicted octanol–water partition coefficient (Wildman–Crippen LogP) is 2.39. The number of hydrogen-bond donors (Lipinski definition) is 0. The molecule has 1 aromatic carbocycles. The monoisotopic (exact) mass is 190 g/mol. The van der Waals surface area contributed by atoms with Crippen molar-refractivity contribution in [3.8, 4) is 5.75 Å². The van der Waals surface area contributed by atoms with Gasteiger partial charge in [0.1, 0.15) is 11.5 Å². The van der Waals surface area contributed by atoms with Crippen molar-refractivity contribution in [2.45, 2.75) is 19.3 Å². The van der Waals surface area contributed by atoms with Gasteiger partial charge in [0, 0.05) is 18.3 Å². The van der Waals surface area contributed by atoms with Gasteiger partial charge in [-0.2, -0.15) is 0 Å². The van der Waals surface area contributed by atoms with E-state index in [0.29, 0.717) is 18.1 Å². The smallest absolute Gasteiger partial charge is 0.136 e. The second kappa shape index (κ2) is 3.45. The van der Waals surface area contributed by atoms with Crippen molar-refractivity contribution in [3.05, 3.63) is 29.8 Å². The number of carbonyl (C=O) groups is 1. The molecule has 14 heavy (non-hydrogen) atoms. The van der Waals surface area contributed by atoms with Crippen LogP contribution in [0.3, 0.4) is 0 Å². The van der Waals surface area contributed by atoms with Crippen molar-refractivity contribution < 1.29 is 9.53 Å². The van der Waals surface area contributed by atoms with E-state index in [1.165, 1.54) is 5.56 Å². The molecule has 2 nitrogen and oxygen atoms in total. The van der Waals surface area contributed by atoms with Gasteiger partial charge in [-0.25, -0.2) is 0 Å². The number of carbonyl (C=O) groups excluding carboxylic acids is 1. The summed E-state index contributed by atoms with van der Waals surface area (Å²) in [5, 5.41) is 0. The third-order valence-corrected chi connectivity index (χ3v) is 3.07. The minimum atomic E-state index is 0.159. The molecule has 1 fully saturated rings. The maximum Gasteiger partial charge on any atom is 0.136 e. The van der Waals surface area contributed by atoms with Crippen molar-refractivity contribution >= 4 is 5.78 Å². The number of para-hydroxylation sites is 1. The largest absolute Gasteiger partial charge is 0.496 e. The summed E-state index contributed by atoms with van der Waals surface area (Å²) in [6, 6.07) is 7.94. The van der Waals surface area contributed by atoms with E-state index < -0.39 is 0 Å². The SMILES string of the molecule is COc1ccccc1C1CC(=O)C1C. The zero-order valence-electron chi connectivity index (χ0n) is 8.49. The minimum Gasteiger partial charge on any atom is -0.496 e. The van der Waals surface area contributed by atoms with Crippen LogP contribution in [0.4, 0.5) is 0 Å². The molecule has 0 aliphatic heterocycles. The molecule has 1 aromatic rings. The molecule has 0 N–H and O–H groups in total. The van der Waals surface area contributed by atoms with E-state index in [1.54, 1.807) is 7.11 Å². The Morgan fingerprint density at radius 1 is 1.36 bits per heavy atom. The third kappa shape index (κ3) is 1.31. The van der Waals surface area contributed by atoms with Crippen molar-refractivity contribution in [1.82, 2.24) is 0 Å². The lowest BCUT2D eigenvalue weighted by atomic mass is 9.70. The number of ether oxygens (including phenoxy) is 1. The Morgan fingerprint density at radius 3 is 2.64 bits per heavy atom. The molecule has 0 spiro atoms. The van der Waals surface area contributed by atoms with Gasteiger partial charge in [-0.1, -0.05) is 25.1 Å². The minimum absolute atomic E-state index is 0.159. The van der Waals surface area contributed by atoms with E-state index >= 15 is 0 Å². The number of methoxy groups -OCH3 is 1. The fraction of sp³-hybridized carbons (Fsp3) is 0.417. The van der Waals surface area contributed by atoms with E-state index in [-0.39, 0.29) is 5.92 Å². The summed E-state index contributed by atoms with van der Waals surface area (Å²) in [6.07, 6.45) is 0.668. The maximum absolute atomic E-state index is 11.2. The number of Topliss-reactive ketones (excluding diaryl/α,β-unsaturated/α-hetero) is 1. The molecule has 1 aliphatic carbocycles. The van der Waals surface area contributed by atoms with Crippen LogP contribution in [0.2, 0.25) is 0 Å². The molecule has 0 bridgehead atoms. The van der Waals surface area contributed by atoms with Gasteiger partial charge in [0.05, 0.1) is 7.11 Å². The van der Waals surface area contributed by atoms with Gasteiger partial charge >= 0.3 is 0 Å². The fourth-order valence-electron chi connectivity index (χ4n) is 2.00. The van der Waals surface area contributed by atoms with Crippen LogP contribution in [-0.2, 0) is 4.79 Å². The van der Waals surface area contributed by atoms with Crippen LogP contribution in [0.1, 0.15) is 24.8 Å². The highest BCUT2D eigenvalue weighted by molar-refractivity contribution is 5.89. The number of rotatable bonds is 2. The molecule has 2 heteroatoms. The molecule has 0 heterocycles. The Hall–Kier alpha value is -1.31. The van der Waals surface area contributed by atoms with Crippen molar-refractivity contribution in [1.29, 1.82) is 0 Å². The van der Waals surface area contributed by atoms with Gasteiger partial charge < -0.3 is 4.74 Å². The molecule has 74 valence electrons. The van der Waals surface area contributed by atoms with Crippen LogP contribution in [0.15, 0.2) is 24.3 Å². The van der Waals surface area contributed by atoms with Crippen LogP contribution in [0, 0.1) is 5.92 Å². The van der Waals surface area contributed by atoms with Crippen molar-refractivity contribution in [3.63, 3.8) is 0 Å².